The molecule has 2 aromatic heterocycles. The molecule has 1 amide bonds. The number of hydrogen-bond acceptors (Lipinski definition) is 4. The molecule has 1 aliphatic rings. The van der Waals surface area contributed by atoms with E-state index in [1.807, 2.05) is 53.9 Å². The maximum atomic E-state index is 13.9. The number of benzene rings is 2. The molecular weight excluding hydrogens is 407 g/mol. The van der Waals surface area contributed by atoms with Gasteiger partial charge in [0.2, 0.25) is 0 Å². The van der Waals surface area contributed by atoms with Crippen LogP contribution in [0.2, 0.25) is 0 Å². The normalized spacial score (nSPS) is 15.6. The molecule has 0 radical (unpaired) electrons. The van der Waals surface area contributed by atoms with Crippen molar-refractivity contribution >= 4 is 16.8 Å². The van der Waals surface area contributed by atoms with Crippen molar-refractivity contribution in [2.75, 3.05) is 13.7 Å². The number of hydrogen-bond donors (Lipinski definition) is 0. The van der Waals surface area contributed by atoms with Crippen LogP contribution >= 0.6 is 0 Å². The number of rotatable bonds is 3. The monoisotopic (exact) mass is 430 g/mol. The molecule has 0 saturated heterocycles. The van der Waals surface area contributed by atoms with E-state index in [1.165, 1.54) is 13.2 Å². The van der Waals surface area contributed by atoms with Crippen LogP contribution in [0.25, 0.3) is 22.2 Å². The number of fused-ring (bicyclic) bond motifs is 2. The van der Waals surface area contributed by atoms with Crippen LogP contribution in [0.15, 0.2) is 54.7 Å². The molecule has 32 heavy (non-hydrogen) atoms. The summed E-state index contributed by atoms with van der Waals surface area (Å²) in [6.45, 7) is 2.58. The summed E-state index contributed by atoms with van der Waals surface area (Å²) < 4.78 is 20.9. The van der Waals surface area contributed by atoms with Crippen LogP contribution in [0.3, 0.4) is 0 Å². The van der Waals surface area contributed by atoms with Gasteiger partial charge in [-0.15, -0.1) is 0 Å². The van der Waals surface area contributed by atoms with Gasteiger partial charge in [-0.05, 0) is 55.8 Å². The quantitative estimate of drug-likeness (QED) is 0.479. The summed E-state index contributed by atoms with van der Waals surface area (Å²) in [5, 5.41) is 5.68. The number of carbonyl (C=O) groups is 1. The number of aryl methyl sites for hydroxylation is 1. The lowest BCUT2D eigenvalue weighted by Gasteiger charge is -2.33. The highest BCUT2D eigenvalue weighted by molar-refractivity contribution is 5.98. The largest absolute Gasteiger partial charge is 0.494 e. The standard InChI is InChI=1S/C25H23FN4O2/c1-15-23-19(24(29(2)28-23)17-6-8-20(26)22(14-17)32-3)10-12-30(15)25(31)18-7-9-21-16(13-18)5-4-11-27-21/h4-9,11,13-15H,10,12H2,1-3H3/t15-/m0/s1. The summed E-state index contributed by atoms with van der Waals surface area (Å²) in [5.74, 6) is -0.225. The molecule has 0 aliphatic carbocycles. The van der Waals surface area contributed by atoms with Gasteiger partial charge in [-0.1, -0.05) is 6.07 Å². The first kappa shape index (κ1) is 20.2. The Labute approximate surface area is 185 Å². The number of amides is 1. The second-order valence-electron chi connectivity index (χ2n) is 8.02. The van der Waals surface area contributed by atoms with Gasteiger partial charge in [-0.3, -0.25) is 14.5 Å². The molecule has 3 heterocycles. The van der Waals surface area contributed by atoms with Crippen molar-refractivity contribution in [1.29, 1.82) is 0 Å². The zero-order valence-corrected chi connectivity index (χ0v) is 18.2. The van der Waals surface area contributed by atoms with Crippen LogP contribution in [-0.4, -0.2) is 39.2 Å². The Kier molecular flexibility index (Phi) is 4.89. The molecule has 1 aliphatic heterocycles. The van der Waals surface area contributed by atoms with Crippen molar-refractivity contribution in [3.8, 4) is 17.0 Å². The van der Waals surface area contributed by atoms with Crippen molar-refractivity contribution in [3.63, 3.8) is 0 Å². The van der Waals surface area contributed by atoms with E-state index in [0.29, 0.717) is 18.5 Å². The van der Waals surface area contributed by atoms with Crippen molar-refractivity contribution in [2.45, 2.75) is 19.4 Å². The van der Waals surface area contributed by atoms with Gasteiger partial charge in [0.15, 0.2) is 11.6 Å². The first-order chi connectivity index (χ1) is 15.5. The Balaban J connectivity index is 1.49. The Bertz CT molecular complexity index is 1350. The highest BCUT2D eigenvalue weighted by Gasteiger charge is 2.33. The van der Waals surface area contributed by atoms with Gasteiger partial charge in [0.05, 0.1) is 30.1 Å². The molecule has 5 rings (SSSR count). The average Bonchev–Trinajstić information content (AvgIpc) is 3.16. The number of pyridine rings is 1. The van der Waals surface area contributed by atoms with Crippen LogP contribution in [-0.2, 0) is 13.5 Å². The van der Waals surface area contributed by atoms with Gasteiger partial charge in [0.25, 0.3) is 5.91 Å². The molecule has 7 heteroatoms. The lowest BCUT2D eigenvalue weighted by Crippen LogP contribution is -2.38. The third kappa shape index (κ3) is 3.21. The molecular formula is C25H23FN4O2. The molecule has 0 bridgehead atoms. The fraction of sp³-hybridized carbons (Fsp3) is 0.240. The summed E-state index contributed by atoms with van der Waals surface area (Å²) in [6, 6.07) is 14.1. The van der Waals surface area contributed by atoms with Crippen LogP contribution in [0.5, 0.6) is 5.75 Å². The zero-order chi connectivity index (χ0) is 22.4. The minimum absolute atomic E-state index is 0.0236. The molecule has 2 aromatic carbocycles. The van der Waals surface area contributed by atoms with Gasteiger partial charge >= 0.3 is 0 Å². The third-order valence-corrected chi connectivity index (χ3v) is 6.18. The van der Waals surface area contributed by atoms with Crippen LogP contribution in [0.1, 0.15) is 34.6 Å². The van der Waals surface area contributed by atoms with E-state index in [0.717, 1.165) is 33.4 Å². The Morgan fingerprint density at radius 3 is 2.84 bits per heavy atom. The van der Waals surface area contributed by atoms with Crippen molar-refractivity contribution in [3.05, 3.63) is 77.4 Å². The molecule has 0 fully saturated rings. The van der Waals surface area contributed by atoms with Crippen molar-refractivity contribution in [2.24, 2.45) is 7.05 Å². The predicted molar refractivity (Wildman–Crippen MR) is 120 cm³/mol. The van der Waals surface area contributed by atoms with Gasteiger partial charge < -0.3 is 9.64 Å². The van der Waals surface area contributed by atoms with E-state index in [2.05, 4.69) is 4.98 Å². The van der Waals surface area contributed by atoms with E-state index in [1.54, 1.807) is 18.3 Å². The molecule has 4 aromatic rings. The fourth-order valence-electron chi connectivity index (χ4n) is 4.56. The molecule has 0 spiro atoms. The molecule has 0 unspecified atom stereocenters. The van der Waals surface area contributed by atoms with E-state index in [-0.39, 0.29) is 17.7 Å². The minimum atomic E-state index is -0.400. The smallest absolute Gasteiger partial charge is 0.254 e. The summed E-state index contributed by atoms with van der Waals surface area (Å²) in [5.41, 5.74) is 5.22. The third-order valence-electron chi connectivity index (χ3n) is 6.18. The van der Waals surface area contributed by atoms with Gasteiger partial charge in [0, 0.05) is 41.9 Å². The summed E-state index contributed by atoms with van der Waals surface area (Å²) in [7, 11) is 3.33. The Hall–Kier alpha value is -3.74. The van der Waals surface area contributed by atoms with Crippen LogP contribution in [0, 0.1) is 5.82 Å². The van der Waals surface area contributed by atoms with Crippen LogP contribution in [0.4, 0.5) is 4.39 Å². The van der Waals surface area contributed by atoms with Crippen LogP contribution < -0.4 is 4.74 Å². The number of nitrogens with zero attached hydrogens (tertiary/aromatic N) is 4. The van der Waals surface area contributed by atoms with Gasteiger partial charge in [-0.25, -0.2) is 4.39 Å². The van der Waals surface area contributed by atoms with E-state index >= 15 is 0 Å². The summed E-state index contributed by atoms with van der Waals surface area (Å²) >= 11 is 0. The first-order valence-electron chi connectivity index (χ1n) is 10.5. The average molecular weight is 430 g/mol. The number of halogens is 1. The van der Waals surface area contributed by atoms with Gasteiger partial charge in [-0.2, -0.15) is 5.10 Å². The second-order valence-corrected chi connectivity index (χ2v) is 8.02. The second kappa shape index (κ2) is 7.75. The lowest BCUT2D eigenvalue weighted by molar-refractivity contribution is 0.0674. The SMILES string of the molecule is COc1cc(-c2c3c(nn2C)[C@H](C)N(C(=O)c2ccc4ncccc4c2)CC3)ccc1F. The highest BCUT2D eigenvalue weighted by Crippen LogP contribution is 2.37. The van der Waals surface area contributed by atoms with Crippen molar-refractivity contribution in [1.82, 2.24) is 19.7 Å². The summed E-state index contributed by atoms with van der Waals surface area (Å²) in [4.78, 5) is 19.5. The first-order valence-corrected chi connectivity index (χ1v) is 10.5. The molecule has 0 saturated carbocycles. The fourth-order valence-corrected chi connectivity index (χ4v) is 4.56. The maximum Gasteiger partial charge on any atom is 0.254 e. The topological polar surface area (TPSA) is 60.2 Å². The Morgan fingerprint density at radius 2 is 2.03 bits per heavy atom. The molecule has 162 valence electrons. The highest BCUT2D eigenvalue weighted by atomic mass is 19.1. The molecule has 6 nitrogen and oxygen atoms in total. The van der Waals surface area contributed by atoms with Gasteiger partial charge in [0.1, 0.15) is 0 Å². The Morgan fingerprint density at radius 1 is 1.19 bits per heavy atom. The predicted octanol–water partition coefficient (Wildman–Crippen LogP) is 4.54. The summed E-state index contributed by atoms with van der Waals surface area (Å²) in [6.07, 6.45) is 2.41. The lowest BCUT2D eigenvalue weighted by atomic mass is 9.95. The number of methoxy groups -OCH3 is 1. The zero-order valence-electron chi connectivity index (χ0n) is 18.2. The van der Waals surface area contributed by atoms with E-state index < -0.39 is 5.82 Å². The number of carbonyl (C=O) groups excluding carboxylic acids is 1. The minimum Gasteiger partial charge on any atom is -0.494 e. The number of ether oxygens (including phenoxy) is 1. The molecule has 1 atom stereocenters. The van der Waals surface area contributed by atoms with E-state index in [4.69, 9.17) is 9.84 Å². The van der Waals surface area contributed by atoms with Crippen molar-refractivity contribution < 1.29 is 13.9 Å². The van der Waals surface area contributed by atoms with E-state index in [9.17, 15) is 9.18 Å². The maximum absolute atomic E-state index is 13.9. The number of aromatic nitrogens is 3. The molecule has 0 N–H and O–H groups in total.